The van der Waals surface area contributed by atoms with Gasteiger partial charge in [0, 0.05) is 6.04 Å². The minimum Gasteiger partial charge on any atom is -0.415 e. The molecule has 0 aliphatic heterocycles. The van der Waals surface area contributed by atoms with Crippen molar-refractivity contribution in [2.24, 2.45) is 0 Å². The fourth-order valence-corrected chi connectivity index (χ4v) is 2.53. The average Bonchev–Trinajstić information content (AvgIpc) is 1.87. The lowest BCUT2D eigenvalue weighted by Gasteiger charge is -2.14. The van der Waals surface area contributed by atoms with Crippen LogP contribution in [0.15, 0.2) is 25.3 Å². The molecular weight excluding hydrogens is 176 g/mol. The molecule has 0 amide bonds. The minimum absolute atomic E-state index is 0.0894. The highest BCUT2D eigenvalue weighted by Crippen LogP contribution is 2.03. The van der Waals surface area contributed by atoms with Gasteiger partial charge in [0.2, 0.25) is 9.76 Å². The summed E-state index contributed by atoms with van der Waals surface area (Å²) in [6, 6.07) is 0.810. The van der Waals surface area contributed by atoms with Gasteiger partial charge < -0.3 is 13.7 Å². The van der Waals surface area contributed by atoms with Gasteiger partial charge in [0.15, 0.2) is 0 Å². The predicted molar refractivity (Wildman–Crippen MR) is 47.0 cm³/mol. The molecule has 11 heavy (non-hydrogen) atoms. The Morgan fingerprint density at radius 1 is 1.36 bits per heavy atom. The van der Waals surface area contributed by atoms with Crippen LogP contribution in [0.2, 0.25) is 12.1 Å². The summed E-state index contributed by atoms with van der Waals surface area (Å²) in [5.41, 5.74) is 0. The van der Waals surface area contributed by atoms with Gasteiger partial charge in [-0.1, -0.05) is 12.2 Å². The van der Waals surface area contributed by atoms with Crippen LogP contribution in [0, 0.1) is 0 Å². The van der Waals surface area contributed by atoms with Crippen molar-refractivity contribution in [1.29, 1.82) is 0 Å². The van der Waals surface area contributed by atoms with E-state index < -0.39 is 8.80 Å². The Hall–Kier alpha value is -0.206. The zero-order chi connectivity index (χ0) is 8.74. The highest BCUT2D eigenvalue weighted by molar-refractivity contribution is 6.64. The minimum atomic E-state index is -3.39. The second-order valence-corrected chi connectivity index (χ2v) is 5.38. The van der Waals surface area contributed by atoms with Crippen LogP contribution in [0.3, 0.4) is 0 Å². The average molecular weight is 188 g/mol. The molecule has 3 nitrogen and oxygen atoms in total. The van der Waals surface area contributed by atoms with Crippen LogP contribution >= 0.6 is 0 Å². The van der Waals surface area contributed by atoms with E-state index in [2.05, 4.69) is 13.2 Å². The van der Waals surface area contributed by atoms with Crippen LogP contribution in [0.25, 0.3) is 0 Å². The largest absolute Gasteiger partial charge is 0.488 e. The maximum absolute atomic E-state index is 9.11. The van der Waals surface area contributed by atoms with Gasteiger partial charge in [0.05, 0.1) is 0 Å². The van der Waals surface area contributed by atoms with Crippen LogP contribution in [-0.2, 0) is 4.12 Å². The third-order valence-electron chi connectivity index (χ3n) is 0.874. The molecule has 2 radical (unpaired) electrons. The van der Waals surface area contributed by atoms with Gasteiger partial charge in [0.1, 0.15) is 0 Å². The molecule has 0 aromatic rings. The molecule has 0 aliphatic rings. The van der Waals surface area contributed by atoms with Crippen molar-refractivity contribution in [2.45, 2.75) is 12.1 Å². The number of allylic oxidation sites excluding steroid dienone is 2. The maximum atomic E-state index is 9.11. The zero-order valence-electron chi connectivity index (χ0n) is 6.29. The van der Waals surface area contributed by atoms with E-state index in [0.717, 1.165) is 0 Å². The first-order chi connectivity index (χ1) is 5.12. The van der Waals surface area contributed by atoms with Crippen molar-refractivity contribution in [3.8, 4) is 0 Å². The topological polar surface area (TPSA) is 49.7 Å². The molecule has 5 heteroatoms. The molecule has 0 rings (SSSR count). The molecule has 0 atom stereocenters. The normalized spacial score (nSPS) is 11.1. The first-order valence-electron chi connectivity index (χ1n) is 3.20. The Bertz CT molecular complexity index is 136. The molecule has 0 bridgehead atoms. The summed E-state index contributed by atoms with van der Waals surface area (Å²) in [4.78, 5) is 18.2. The molecule has 2 N–H and O–H groups in total. The molecular formula is C6H12O3Si2. The lowest BCUT2D eigenvalue weighted by molar-refractivity contribution is 0.250. The Morgan fingerprint density at radius 3 is 2.45 bits per heavy atom. The molecule has 62 valence electrons. The van der Waals surface area contributed by atoms with E-state index in [4.69, 9.17) is 13.7 Å². The standard InChI is InChI=1S/C6H12O3Si2/c1-3-5-10-9-11(7,8)6-4-2/h3-4,7-8H,1-2,5-6H2. The molecule has 0 aromatic carbocycles. The van der Waals surface area contributed by atoms with Gasteiger partial charge in [-0.3, -0.25) is 0 Å². The Kier molecular flexibility index (Phi) is 5.34. The van der Waals surface area contributed by atoms with E-state index in [-0.39, 0.29) is 15.8 Å². The van der Waals surface area contributed by atoms with Crippen LogP contribution in [-0.4, -0.2) is 28.2 Å². The first kappa shape index (κ1) is 10.8. The second-order valence-electron chi connectivity index (χ2n) is 1.98. The molecule has 0 heterocycles. The van der Waals surface area contributed by atoms with Gasteiger partial charge in [-0.05, 0) is 6.04 Å². The molecule has 0 saturated heterocycles. The summed E-state index contributed by atoms with van der Waals surface area (Å²) in [5.74, 6) is 0. The van der Waals surface area contributed by atoms with Crippen molar-refractivity contribution < 1.29 is 13.7 Å². The van der Waals surface area contributed by atoms with Crippen molar-refractivity contribution in [2.75, 3.05) is 0 Å². The van der Waals surface area contributed by atoms with E-state index in [0.29, 0.717) is 6.04 Å². The van der Waals surface area contributed by atoms with Gasteiger partial charge in [0.25, 0.3) is 0 Å². The van der Waals surface area contributed by atoms with E-state index >= 15 is 0 Å². The molecule has 0 spiro atoms. The van der Waals surface area contributed by atoms with Crippen LogP contribution in [0.1, 0.15) is 0 Å². The van der Waals surface area contributed by atoms with E-state index in [1.165, 1.54) is 6.08 Å². The molecule has 0 aliphatic carbocycles. The summed E-state index contributed by atoms with van der Waals surface area (Å²) in [7, 11) is -3.30. The van der Waals surface area contributed by atoms with Crippen LogP contribution in [0.4, 0.5) is 0 Å². The van der Waals surface area contributed by atoms with E-state index in [1.54, 1.807) is 6.08 Å². The Morgan fingerprint density at radius 2 is 2.00 bits per heavy atom. The summed E-state index contributed by atoms with van der Waals surface area (Å²) < 4.78 is 4.85. The Balaban J connectivity index is 3.53. The van der Waals surface area contributed by atoms with Crippen molar-refractivity contribution in [3.05, 3.63) is 25.3 Å². The van der Waals surface area contributed by atoms with Gasteiger partial charge in [-0.25, -0.2) is 0 Å². The van der Waals surface area contributed by atoms with E-state index in [9.17, 15) is 0 Å². The Labute approximate surface area is 70.3 Å². The van der Waals surface area contributed by atoms with Crippen molar-refractivity contribution in [1.82, 2.24) is 0 Å². The van der Waals surface area contributed by atoms with E-state index in [1.807, 2.05) is 0 Å². The summed E-state index contributed by atoms with van der Waals surface area (Å²) in [6.07, 6.45) is 3.13. The first-order valence-corrected chi connectivity index (χ1v) is 6.32. The highest BCUT2D eigenvalue weighted by atomic mass is 28.4. The number of rotatable bonds is 6. The number of hydrogen-bond donors (Lipinski definition) is 2. The van der Waals surface area contributed by atoms with Crippen LogP contribution < -0.4 is 0 Å². The zero-order valence-corrected chi connectivity index (χ0v) is 8.29. The van der Waals surface area contributed by atoms with Crippen molar-refractivity contribution >= 4 is 18.6 Å². The lowest BCUT2D eigenvalue weighted by Crippen LogP contribution is -2.39. The lowest BCUT2D eigenvalue weighted by atomic mass is 10.8. The van der Waals surface area contributed by atoms with Crippen LogP contribution in [0.5, 0.6) is 0 Å². The van der Waals surface area contributed by atoms with Gasteiger partial charge in [-0.2, -0.15) is 0 Å². The fourth-order valence-electron chi connectivity index (χ4n) is 0.446. The monoisotopic (exact) mass is 188 g/mol. The molecule has 0 fully saturated rings. The van der Waals surface area contributed by atoms with Crippen molar-refractivity contribution in [3.63, 3.8) is 0 Å². The maximum Gasteiger partial charge on any atom is 0.488 e. The molecule has 0 saturated carbocycles. The second kappa shape index (κ2) is 5.44. The highest BCUT2D eigenvalue weighted by Gasteiger charge is 2.29. The van der Waals surface area contributed by atoms with Gasteiger partial charge >= 0.3 is 8.80 Å². The molecule has 0 aromatic heterocycles. The summed E-state index contributed by atoms with van der Waals surface area (Å²) >= 11 is 0. The SMILES string of the molecule is C=CC[Si]O[Si](O)(O)CC=C. The fraction of sp³-hybridized carbons (Fsp3) is 0.333. The smallest absolute Gasteiger partial charge is 0.415 e. The number of hydrogen-bond acceptors (Lipinski definition) is 3. The quantitative estimate of drug-likeness (QED) is 0.359. The summed E-state index contributed by atoms with van der Waals surface area (Å²) in [6.45, 7) is 6.88. The predicted octanol–water partition coefficient (Wildman–Crippen LogP) is 0.336. The third kappa shape index (κ3) is 6.20. The van der Waals surface area contributed by atoms with Gasteiger partial charge in [-0.15, -0.1) is 13.2 Å². The summed E-state index contributed by atoms with van der Waals surface area (Å²) in [5, 5.41) is 0. The molecule has 0 unspecified atom stereocenters. The third-order valence-corrected chi connectivity index (χ3v) is 4.03.